The van der Waals surface area contributed by atoms with Crippen molar-refractivity contribution in [1.82, 2.24) is 0 Å². The van der Waals surface area contributed by atoms with Crippen molar-refractivity contribution in [3.05, 3.63) is 10.4 Å². The first-order valence-corrected chi connectivity index (χ1v) is 7.76. The van der Waals surface area contributed by atoms with Gasteiger partial charge in [-0.15, -0.1) is 0 Å². The molecule has 3 saturated heterocycles. The van der Waals surface area contributed by atoms with Crippen LogP contribution >= 0.6 is 0 Å². The highest BCUT2D eigenvalue weighted by Crippen LogP contribution is 2.49. The minimum absolute atomic E-state index is 0.135. The van der Waals surface area contributed by atoms with E-state index in [1.807, 2.05) is 13.8 Å². The Balaban J connectivity index is 1.86. The lowest BCUT2D eigenvalue weighted by molar-refractivity contribution is -0.318. The van der Waals surface area contributed by atoms with Crippen molar-refractivity contribution in [2.24, 2.45) is 5.11 Å². The van der Waals surface area contributed by atoms with Crippen LogP contribution in [0.3, 0.4) is 0 Å². The van der Waals surface area contributed by atoms with Gasteiger partial charge >= 0.3 is 0 Å². The predicted octanol–water partition coefficient (Wildman–Crippen LogP) is 1.45. The highest BCUT2D eigenvalue weighted by molar-refractivity contribution is 5.06. The van der Waals surface area contributed by atoms with E-state index in [1.165, 1.54) is 0 Å². The van der Waals surface area contributed by atoms with Gasteiger partial charge < -0.3 is 28.8 Å². The molecule has 0 bridgehead atoms. The average molecular weight is 329 g/mol. The van der Waals surface area contributed by atoms with E-state index in [4.69, 9.17) is 29.2 Å². The van der Waals surface area contributed by atoms with Gasteiger partial charge in [0.05, 0.1) is 6.61 Å². The molecule has 0 aromatic carbocycles. The molecule has 3 fully saturated rings. The van der Waals surface area contributed by atoms with E-state index < -0.39 is 35.7 Å². The number of hydrogen-bond donors (Lipinski definition) is 1. The first-order chi connectivity index (χ1) is 10.7. The Bertz CT molecular complexity index is 521. The molecule has 9 heteroatoms. The molecule has 3 aliphatic heterocycles. The molecule has 0 aromatic heterocycles. The fourth-order valence-corrected chi connectivity index (χ4v) is 3.50. The van der Waals surface area contributed by atoms with E-state index in [2.05, 4.69) is 10.0 Å². The van der Waals surface area contributed by atoms with Crippen molar-refractivity contribution >= 4 is 0 Å². The maximum absolute atomic E-state index is 10.6. The summed E-state index contributed by atoms with van der Waals surface area (Å²) in [4.78, 5) is 2.69. The maximum atomic E-state index is 10.6. The van der Waals surface area contributed by atoms with E-state index in [1.54, 1.807) is 13.8 Å². The Kier molecular flexibility index (Phi) is 4.09. The number of rotatable bonds is 4. The standard InChI is InChI=1S/C14H23N3O6/c1-12(2)20-8-7-19-14(9(18)5-6-16-17-15)11(10(8)21-12)22-13(3,4)23-14/h8-11,18H,5-7H2,1-4H3/t8-,9-,10-,11+,14+/m1/s1. The third-order valence-corrected chi connectivity index (χ3v) is 4.24. The molecule has 3 heterocycles. The Hall–Kier alpha value is -0.930. The molecular weight excluding hydrogens is 306 g/mol. The molecule has 5 atom stereocenters. The smallest absolute Gasteiger partial charge is 0.227 e. The van der Waals surface area contributed by atoms with Gasteiger partial charge in [0.1, 0.15) is 24.4 Å². The van der Waals surface area contributed by atoms with Crippen LogP contribution in [-0.4, -0.2) is 60.0 Å². The van der Waals surface area contributed by atoms with Crippen LogP contribution in [-0.2, 0) is 23.7 Å². The fraction of sp³-hybridized carbons (Fsp3) is 1.00. The van der Waals surface area contributed by atoms with Crippen LogP contribution in [0.15, 0.2) is 5.11 Å². The van der Waals surface area contributed by atoms with Crippen LogP contribution in [0.1, 0.15) is 34.1 Å². The summed E-state index contributed by atoms with van der Waals surface area (Å²) in [5.41, 5.74) is 8.39. The van der Waals surface area contributed by atoms with Gasteiger partial charge in [-0.2, -0.15) is 0 Å². The molecule has 9 nitrogen and oxygen atoms in total. The summed E-state index contributed by atoms with van der Waals surface area (Å²) in [5.74, 6) is -3.05. The quantitative estimate of drug-likeness (QED) is 0.474. The molecule has 3 rings (SSSR count). The van der Waals surface area contributed by atoms with Crippen LogP contribution in [0.4, 0.5) is 0 Å². The lowest BCUT2D eigenvalue weighted by Crippen LogP contribution is -2.63. The predicted molar refractivity (Wildman–Crippen MR) is 77.2 cm³/mol. The first-order valence-electron chi connectivity index (χ1n) is 7.76. The Labute approximate surface area is 134 Å². The van der Waals surface area contributed by atoms with Crippen molar-refractivity contribution in [1.29, 1.82) is 0 Å². The van der Waals surface area contributed by atoms with E-state index in [-0.39, 0.29) is 25.7 Å². The number of fused-ring (bicyclic) bond motifs is 3. The van der Waals surface area contributed by atoms with Crippen LogP contribution in [0.25, 0.3) is 10.4 Å². The highest BCUT2D eigenvalue weighted by Gasteiger charge is 2.67. The van der Waals surface area contributed by atoms with Crippen LogP contribution in [0.5, 0.6) is 0 Å². The van der Waals surface area contributed by atoms with Gasteiger partial charge in [0, 0.05) is 11.5 Å². The molecule has 0 radical (unpaired) electrons. The number of nitrogens with zero attached hydrogens (tertiary/aromatic N) is 3. The largest absolute Gasteiger partial charge is 0.387 e. The van der Waals surface area contributed by atoms with Gasteiger partial charge in [0.2, 0.25) is 5.79 Å². The third-order valence-electron chi connectivity index (χ3n) is 4.24. The summed E-state index contributed by atoms with van der Waals surface area (Å²) in [6.45, 7) is 7.52. The van der Waals surface area contributed by atoms with Gasteiger partial charge in [0.25, 0.3) is 0 Å². The Morgan fingerprint density at radius 1 is 1.22 bits per heavy atom. The number of ether oxygens (including phenoxy) is 5. The zero-order chi connectivity index (χ0) is 16.9. The Morgan fingerprint density at radius 2 is 1.96 bits per heavy atom. The van der Waals surface area contributed by atoms with E-state index in [0.717, 1.165) is 0 Å². The van der Waals surface area contributed by atoms with Crippen molar-refractivity contribution in [3.63, 3.8) is 0 Å². The lowest BCUT2D eigenvalue weighted by Gasteiger charge is -2.43. The fourth-order valence-electron chi connectivity index (χ4n) is 3.50. The van der Waals surface area contributed by atoms with Crippen molar-refractivity contribution in [3.8, 4) is 0 Å². The molecule has 130 valence electrons. The van der Waals surface area contributed by atoms with E-state index in [0.29, 0.717) is 0 Å². The summed E-state index contributed by atoms with van der Waals surface area (Å²) in [5, 5.41) is 14.1. The van der Waals surface area contributed by atoms with Crippen molar-refractivity contribution < 1.29 is 28.8 Å². The molecule has 3 aliphatic rings. The summed E-state index contributed by atoms with van der Waals surface area (Å²) in [6.07, 6.45) is -2.16. The minimum Gasteiger partial charge on any atom is -0.387 e. The number of azide groups is 1. The molecule has 0 unspecified atom stereocenters. The zero-order valence-electron chi connectivity index (χ0n) is 13.8. The number of aliphatic hydroxyl groups is 1. The zero-order valence-corrected chi connectivity index (χ0v) is 13.8. The molecule has 0 amide bonds. The Morgan fingerprint density at radius 3 is 2.65 bits per heavy atom. The van der Waals surface area contributed by atoms with E-state index in [9.17, 15) is 5.11 Å². The average Bonchev–Trinajstić information content (AvgIpc) is 2.91. The van der Waals surface area contributed by atoms with Gasteiger partial charge in [-0.05, 0) is 39.6 Å². The summed E-state index contributed by atoms with van der Waals surface area (Å²) in [6, 6.07) is 0. The summed E-state index contributed by atoms with van der Waals surface area (Å²) < 4.78 is 29.6. The summed E-state index contributed by atoms with van der Waals surface area (Å²) in [7, 11) is 0. The van der Waals surface area contributed by atoms with Gasteiger partial charge in [-0.1, -0.05) is 5.11 Å². The maximum Gasteiger partial charge on any atom is 0.227 e. The van der Waals surface area contributed by atoms with Crippen molar-refractivity contribution in [2.75, 3.05) is 13.2 Å². The van der Waals surface area contributed by atoms with Gasteiger partial charge in [0.15, 0.2) is 11.6 Å². The van der Waals surface area contributed by atoms with Crippen LogP contribution in [0, 0.1) is 0 Å². The van der Waals surface area contributed by atoms with Crippen LogP contribution in [0.2, 0.25) is 0 Å². The number of aliphatic hydroxyl groups excluding tert-OH is 1. The third kappa shape index (κ3) is 2.94. The molecule has 0 aliphatic carbocycles. The molecule has 23 heavy (non-hydrogen) atoms. The van der Waals surface area contributed by atoms with Gasteiger partial charge in [-0.3, -0.25) is 0 Å². The molecule has 0 aromatic rings. The first kappa shape index (κ1) is 16.9. The molecule has 0 spiro atoms. The lowest BCUT2D eigenvalue weighted by atomic mass is 9.91. The van der Waals surface area contributed by atoms with Crippen LogP contribution < -0.4 is 0 Å². The minimum atomic E-state index is -1.36. The molecule has 1 N–H and O–H groups in total. The molecule has 0 saturated carbocycles. The van der Waals surface area contributed by atoms with E-state index >= 15 is 0 Å². The SMILES string of the molecule is CC1(C)O[C@@H]2[C@@H](CO[C@@]3([C@H](O)CCN=[N+]=[N-])OC(C)(C)O[C@@H]23)O1. The summed E-state index contributed by atoms with van der Waals surface area (Å²) >= 11 is 0. The highest BCUT2D eigenvalue weighted by atomic mass is 16.9. The topological polar surface area (TPSA) is 115 Å². The second-order valence-corrected chi connectivity index (χ2v) is 6.97. The van der Waals surface area contributed by atoms with Gasteiger partial charge in [-0.25, -0.2) is 0 Å². The molecular formula is C14H23N3O6. The monoisotopic (exact) mass is 329 g/mol. The second kappa shape index (κ2) is 5.56. The van der Waals surface area contributed by atoms with Crippen molar-refractivity contribution in [2.45, 2.75) is 75.9 Å². The second-order valence-electron chi connectivity index (χ2n) is 6.97. The normalized spacial score (nSPS) is 41.7. The number of hydrogen-bond acceptors (Lipinski definition) is 7.